The van der Waals surface area contributed by atoms with Crippen molar-refractivity contribution >= 4 is 28.3 Å². The number of nitrogens with one attached hydrogen (secondary N) is 1. The number of thiazole rings is 1. The molecule has 6 nitrogen and oxygen atoms in total. The van der Waals surface area contributed by atoms with E-state index in [4.69, 9.17) is 0 Å². The van der Waals surface area contributed by atoms with Gasteiger partial charge in [0.15, 0.2) is 5.13 Å². The van der Waals surface area contributed by atoms with Crippen LogP contribution in [0, 0.1) is 19.8 Å². The van der Waals surface area contributed by atoms with Crippen molar-refractivity contribution in [2.45, 2.75) is 26.8 Å². The van der Waals surface area contributed by atoms with Crippen LogP contribution in [0.5, 0.6) is 0 Å². The molecule has 3 heterocycles. The summed E-state index contributed by atoms with van der Waals surface area (Å²) in [6.07, 6.45) is 1.94. The molecular formula is C16H18N4O2S. The molecule has 0 bridgehead atoms. The second-order valence-electron chi connectivity index (χ2n) is 5.65. The average molecular weight is 330 g/mol. The number of hydrogen-bond donors (Lipinski definition) is 1. The summed E-state index contributed by atoms with van der Waals surface area (Å²) in [6, 6.07) is 5.60. The summed E-state index contributed by atoms with van der Waals surface area (Å²) in [5.74, 6) is -0.492. The SMILES string of the molecule is Cc1nc(NC(=O)[C@H]2CC(=O)N(Cc3ccccn3)C2)sc1C. The minimum Gasteiger partial charge on any atom is -0.336 e. The standard InChI is InChI=1S/C16H18N4O2S/c1-10-11(2)23-16(18-10)19-15(22)12-7-14(21)20(8-12)9-13-5-3-4-6-17-13/h3-6,12H,7-9H2,1-2H3,(H,18,19,22)/t12-/m0/s1. The van der Waals surface area contributed by atoms with E-state index in [-0.39, 0.29) is 24.2 Å². The second kappa shape index (κ2) is 6.45. The van der Waals surface area contributed by atoms with Crippen LogP contribution in [-0.4, -0.2) is 33.2 Å². The molecular weight excluding hydrogens is 312 g/mol. The lowest BCUT2D eigenvalue weighted by Crippen LogP contribution is -2.28. The average Bonchev–Trinajstić information content (AvgIpc) is 3.03. The summed E-state index contributed by atoms with van der Waals surface area (Å²) in [6.45, 7) is 4.75. The molecule has 1 fully saturated rings. The van der Waals surface area contributed by atoms with Crippen molar-refractivity contribution in [2.75, 3.05) is 11.9 Å². The summed E-state index contributed by atoms with van der Waals surface area (Å²) < 4.78 is 0. The number of nitrogens with zero attached hydrogens (tertiary/aromatic N) is 3. The van der Waals surface area contributed by atoms with E-state index in [0.717, 1.165) is 16.3 Å². The number of rotatable bonds is 4. The molecule has 23 heavy (non-hydrogen) atoms. The molecule has 2 aromatic rings. The maximum absolute atomic E-state index is 12.3. The van der Waals surface area contributed by atoms with Gasteiger partial charge in [-0.3, -0.25) is 14.6 Å². The van der Waals surface area contributed by atoms with Crippen molar-refractivity contribution in [3.05, 3.63) is 40.7 Å². The molecule has 0 unspecified atom stereocenters. The summed E-state index contributed by atoms with van der Waals surface area (Å²) in [5, 5.41) is 3.42. The molecule has 3 rings (SSSR count). The van der Waals surface area contributed by atoms with E-state index in [1.54, 1.807) is 11.1 Å². The highest BCUT2D eigenvalue weighted by molar-refractivity contribution is 7.15. The fraction of sp³-hybridized carbons (Fsp3) is 0.375. The Hall–Kier alpha value is -2.28. The normalized spacial score (nSPS) is 17.6. The number of pyridine rings is 1. The van der Waals surface area contributed by atoms with Crippen molar-refractivity contribution in [3.8, 4) is 0 Å². The van der Waals surface area contributed by atoms with Crippen LogP contribution in [0.1, 0.15) is 22.7 Å². The highest BCUT2D eigenvalue weighted by Crippen LogP contribution is 2.24. The van der Waals surface area contributed by atoms with E-state index in [2.05, 4.69) is 15.3 Å². The Morgan fingerprint density at radius 2 is 2.26 bits per heavy atom. The van der Waals surface area contributed by atoms with Gasteiger partial charge in [0.2, 0.25) is 11.8 Å². The lowest BCUT2D eigenvalue weighted by atomic mass is 10.1. The molecule has 0 spiro atoms. The second-order valence-corrected chi connectivity index (χ2v) is 6.85. The number of carbonyl (C=O) groups is 2. The summed E-state index contributed by atoms with van der Waals surface area (Å²) >= 11 is 1.45. The molecule has 120 valence electrons. The molecule has 0 aliphatic carbocycles. The van der Waals surface area contributed by atoms with Crippen molar-refractivity contribution in [2.24, 2.45) is 5.92 Å². The van der Waals surface area contributed by atoms with Gasteiger partial charge in [0.25, 0.3) is 0 Å². The van der Waals surface area contributed by atoms with Crippen LogP contribution in [0.25, 0.3) is 0 Å². The summed E-state index contributed by atoms with van der Waals surface area (Å²) in [5.41, 5.74) is 1.75. The first-order valence-electron chi connectivity index (χ1n) is 7.45. The molecule has 0 aromatic carbocycles. The van der Waals surface area contributed by atoms with Crippen molar-refractivity contribution in [1.29, 1.82) is 0 Å². The highest BCUT2D eigenvalue weighted by atomic mass is 32.1. The Morgan fingerprint density at radius 1 is 1.43 bits per heavy atom. The van der Waals surface area contributed by atoms with Gasteiger partial charge in [0.05, 0.1) is 23.9 Å². The predicted octanol–water partition coefficient (Wildman–Crippen LogP) is 2.14. The van der Waals surface area contributed by atoms with Gasteiger partial charge in [0.1, 0.15) is 0 Å². The lowest BCUT2D eigenvalue weighted by Gasteiger charge is -2.15. The van der Waals surface area contributed by atoms with Gasteiger partial charge in [0, 0.05) is 24.0 Å². The van der Waals surface area contributed by atoms with Crippen molar-refractivity contribution in [1.82, 2.24) is 14.9 Å². The Morgan fingerprint density at radius 3 is 2.91 bits per heavy atom. The van der Waals surface area contributed by atoms with Gasteiger partial charge in [-0.1, -0.05) is 6.07 Å². The Labute approximate surface area is 138 Å². The molecule has 0 saturated carbocycles. The number of aryl methyl sites for hydroxylation is 2. The van der Waals surface area contributed by atoms with Crippen LogP contribution in [-0.2, 0) is 16.1 Å². The van der Waals surface area contributed by atoms with Crippen LogP contribution in [0.2, 0.25) is 0 Å². The highest BCUT2D eigenvalue weighted by Gasteiger charge is 2.34. The smallest absolute Gasteiger partial charge is 0.231 e. The topological polar surface area (TPSA) is 75.2 Å². The maximum Gasteiger partial charge on any atom is 0.231 e. The summed E-state index contributed by atoms with van der Waals surface area (Å²) in [4.78, 5) is 35.7. The van der Waals surface area contributed by atoms with Crippen LogP contribution >= 0.6 is 11.3 Å². The number of hydrogen-bond acceptors (Lipinski definition) is 5. The van der Waals surface area contributed by atoms with Crippen LogP contribution in [0.15, 0.2) is 24.4 Å². The summed E-state index contributed by atoms with van der Waals surface area (Å²) in [7, 11) is 0. The number of amides is 2. The minimum atomic E-state index is -0.337. The minimum absolute atomic E-state index is 0.0118. The van der Waals surface area contributed by atoms with Gasteiger partial charge in [-0.15, -0.1) is 11.3 Å². The first-order valence-corrected chi connectivity index (χ1v) is 8.27. The molecule has 1 aliphatic heterocycles. The third-order valence-corrected chi connectivity index (χ3v) is 4.91. The maximum atomic E-state index is 12.3. The fourth-order valence-corrected chi connectivity index (χ4v) is 3.34. The molecule has 2 aromatic heterocycles. The first kappa shape index (κ1) is 15.6. The van der Waals surface area contributed by atoms with Gasteiger partial charge >= 0.3 is 0 Å². The number of likely N-dealkylation sites (tertiary alicyclic amines) is 1. The predicted molar refractivity (Wildman–Crippen MR) is 88.0 cm³/mol. The zero-order valence-electron chi connectivity index (χ0n) is 13.1. The van der Waals surface area contributed by atoms with E-state index in [0.29, 0.717) is 18.2 Å². The Kier molecular flexibility index (Phi) is 4.38. The number of carbonyl (C=O) groups excluding carboxylic acids is 2. The fourth-order valence-electron chi connectivity index (χ4n) is 2.52. The van der Waals surface area contributed by atoms with E-state index >= 15 is 0 Å². The lowest BCUT2D eigenvalue weighted by molar-refractivity contribution is -0.128. The van der Waals surface area contributed by atoms with Crippen LogP contribution < -0.4 is 5.32 Å². The Bertz CT molecular complexity index is 709. The molecule has 7 heteroatoms. The quantitative estimate of drug-likeness (QED) is 0.932. The molecule has 0 radical (unpaired) electrons. The van der Waals surface area contributed by atoms with Gasteiger partial charge in [-0.25, -0.2) is 4.98 Å². The van der Waals surface area contributed by atoms with Gasteiger partial charge < -0.3 is 10.2 Å². The zero-order valence-corrected chi connectivity index (χ0v) is 13.9. The van der Waals surface area contributed by atoms with E-state index in [9.17, 15) is 9.59 Å². The number of aromatic nitrogens is 2. The largest absolute Gasteiger partial charge is 0.336 e. The molecule has 1 N–H and O–H groups in total. The zero-order chi connectivity index (χ0) is 16.4. The molecule has 1 atom stereocenters. The third-order valence-electron chi connectivity index (χ3n) is 3.92. The van der Waals surface area contributed by atoms with E-state index < -0.39 is 0 Å². The monoisotopic (exact) mass is 330 g/mol. The van der Waals surface area contributed by atoms with Crippen molar-refractivity contribution < 1.29 is 9.59 Å². The first-order chi connectivity index (χ1) is 11.0. The van der Waals surface area contributed by atoms with Gasteiger partial charge in [-0.2, -0.15) is 0 Å². The van der Waals surface area contributed by atoms with Crippen LogP contribution in [0.4, 0.5) is 5.13 Å². The van der Waals surface area contributed by atoms with Gasteiger partial charge in [-0.05, 0) is 26.0 Å². The van der Waals surface area contributed by atoms with Crippen molar-refractivity contribution in [3.63, 3.8) is 0 Å². The van der Waals surface area contributed by atoms with E-state index in [1.807, 2.05) is 32.0 Å². The third kappa shape index (κ3) is 3.56. The Balaban J connectivity index is 1.61. The molecule has 1 aliphatic rings. The number of anilines is 1. The molecule has 1 saturated heterocycles. The van der Waals surface area contributed by atoms with Crippen LogP contribution in [0.3, 0.4) is 0 Å². The molecule has 2 amide bonds. The van der Waals surface area contributed by atoms with E-state index in [1.165, 1.54) is 11.3 Å².